The van der Waals surface area contributed by atoms with E-state index in [1.807, 2.05) is 0 Å². The third-order valence-electron chi connectivity index (χ3n) is 1.67. The van der Waals surface area contributed by atoms with Gasteiger partial charge in [-0.3, -0.25) is 9.59 Å². The van der Waals surface area contributed by atoms with Crippen LogP contribution < -0.4 is 5.32 Å². The Morgan fingerprint density at radius 3 is 2.43 bits per heavy atom. The molecule has 74 valence electrons. The normalized spacial score (nSPS) is 9.64. The maximum atomic E-state index is 12.8. The molecule has 1 amide bonds. The standard InChI is InChI=1S/C10H10FNO2/c1-6(13)9-5-8(11)3-4-10(9)12-7(2)14/h3-5H,1-2H3,(H,12,14). The minimum absolute atomic E-state index is 0.181. The van der Waals surface area contributed by atoms with Gasteiger partial charge in [-0.15, -0.1) is 0 Å². The fourth-order valence-corrected chi connectivity index (χ4v) is 1.11. The van der Waals surface area contributed by atoms with Crippen LogP contribution in [0.25, 0.3) is 0 Å². The first-order chi connectivity index (χ1) is 6.50. The molecule has 0 atom stereocenters. The number of amides is 1. The molecule has 1 aromatic rings. The summed E-state index contributed by atoms with van der Waals surface area (Å²) in [5.74, 6) is -1.07. The van der Waals surface area contributed by atoms with Crippen molar-refractivity contribution in [1.82, 2.24) is 0 Å². The summed E-state index contributed by atoms with van der Waals surface area (Å²) in [5.41, 5.74) is 0.520. The summed E-state index contributed by atoms with van der Waals surface area (Å²) >= 11 is 0. The number of ketones is 1. The molecule has 1 N–H and O–H groups in total. The molecule has 1 rings (SSSR count). The van der Waals surface area contributed by atoms with Crippen LogP contribution in [-0.4, -0.2) is 11.7 Å². The topological polar surface area (TPSA) is 46.2 Å². The summed E-state index contributed by atoms with van der Waals surface area (Å²) in [6.07, 6.45) is 0. The first-order valence-corrected chi connectivity index (χ1v) is 4.09. The molecule has 1 aromatic carbocycles. The summed E-state index contributed by atoms with van der Waals surface area (Å²) in [4.78, 5) is 21.8. The predicted molar refractivity (Wildman–Crippen MR) is 50.7 cm³/mol. The number of halogens is 1. The molecular weight excluding hydrogens is 185 g/mol. The van der Waals surface area contributed by atoms with E-state index >= 15 is 0 Å². The molecule has 0 saturated heterocycles. The van der Waals surface area contributed by atoms with Crippen LogP contribution in [0.2, 0.25) is 0 Å². The number of Topliss-reactive ketones (excluding diaryl/α,β-unsaturated/α-hetero) is 1. The Labute approximate surface area is 80.9 Å². The Balaban J connectivity index is 3.14. The van der Waals surface area contributed by atoms with Crippen LogP contribution >= 0.6 is 0 Å². The van der Waals surface area contributed by atoms with Crippen molar-refractivity contribution in [2.75, 3.05) is 5.32 Å². The molecule has 3 nitrogen and oxygen atoms in total. The lowest BCUT2D eigenvalue weighted by molar-refractivity contribution is -0.114. The van der Waals surface area contributed by atoms with E-state index in [9.17, 15) is 14.0 Å². The van der Waals surface area contributed by atoms with Crippen molar-refractivity contribution in [3.05, 3.63) is 29.6 Å². The van der Waals surface area contributed by atoms with Gasteiger partial charge in [0.1, 0.15) is 5.82 Å². The fraction of sp³-hybridized carbons (Fsp3) is 0.200. The van der Waals surface area contributed by atoms with Crippen molar-refractivity contribution in [2.45, 2.75) is 13.8 Å². The largest absolute Gasteiger partial charge is 0.326 e. The highest BCUT2D eigenvalue weighted by atomic mass is 19.1. The highest BCUT2D eigenvalue weighted by Crippen LogP contribution is 2.17. The predicted octanol–water partition coefficient (Wildman–Crippen LogP) is 1.99. The van der Waals surface area contributed by atoms with E-state index in [-0.39, 0.29) is 17.3 Å². The average Bonchev–Trinajstić information content (AvgIpc) is 2.07. The Hall–Kier alpha value is -1.71. The highest BCUT2D eigenvalue weighted by molar-refractivity contribution is 6.03. The SMILES string of the molecule is CC(=O)Nc1ccc(F)cc1C(C)=O. The number of benzene rings is 1. The van der Waals surface area contributed by atoms with Crippen molar-refractivity contribution in [2.24, 2.45) is 0 Å². The number of nitrogens with one attached hydrogen (secondary N) is 1. The Morgan fingerprint density at radius 2 is 1.93 bits per heavy atom. The maximum absolute atomic E-state index is 12.8. The van der Waals surface area contributed by atoms with E-state index in [2.05, 4.69) is 5.32 Å². The lowest BCUT2D eigenvalue weighted by Gasteiger charge is -2.06. The average molecular weight is 195 g/mol. The Morgan fingerprint density at radius 1 is 1.29 bits per heavy atom. The molecule has 4 heteroatoms. The second kappa shape index (κ2) is 4.00. The van der Waals surface area contributed by atoms with Gasteiger partial charge in [0.15, 0.2) is 5.78 Å². The monoisotopic (exact) mass is 195 g/mol. The smallest absolute Gasteiger partial charge is 0.221 e. The van der Waals surface area contributed by atoms with Gasteiger partial charge in [0, 0.05) is 12.5 Å². The fourth-order valence-electron chi connectivity index (χ4n) is 1.11. The third-order valence-corrected chi connectivity index (χ3v) is 1.67. The van der Waals surface area contributed by atoms with E-state index < -0.39 is 5.82 Å². The number of carbonyl (C=O) groups excluding carboxylic acids is 2. The van der Waals surface area contributed by atoms with E-state index in [4.69, 9.17) is 0 Å². The van der Waals surface area contributed by atoms with Crippen LogP contribution in [0.3, 0.4) is 0 Å². The van der Waals surface area contributed by atoms with Gasteiger partial charge in [-0.25, -0.2) is 4.39 Å². The molecule has 0 aromatic heterocycles. The molecule has 0 aliphatic carbocycles. The minimum Gasteiger partial charge on any atom is -0.326 e. The zero-order chi connectivity index (χ0) is 10.7. The molecule has 0 saturated carbocycles. The van der Waals surface area contributed by atoms with Crippen LogP contribution in [0.1, 0.15) is 24.2 Å². The van der Waals surface area contributed by atoms with Crippen molar-refractivity contribution >= 4 is 17.4 Å². The first kappa shape index (κ1) is 10.4. The molecular formula is C10H10FNO2. The van der Waals surface area contributed by atoms with E-state index in [1.165, 1.54) is 26.0 Å². The summed E-state index contributed by atoms with van der Waals surface area (Å²) in [6.45, 7) is 2.65. The lowest BCUT2D eigenvalue weighted by atomic mass is 10.1. The maximum Gasteiger partial charge on any atom is 0.221 e. The molecule has 0 radical (unpaired) electrons. The van der Waals surface area contributed by atoms with Gasteiger partial charge < -0.3 is 5.32 Å². The molecule has 0 aliphatic heterocycles. The van der Waals surface area contributed by atoms with Gasteiger partial charge in [0.05, 0.1) is 5.69 Å². The summed E-state index contributed by atoms with van der Waals surface area (Å²) in [6, 6.07) is 3.67. The number of hydrogen-bond donors (Lipinski definition) is 1. The molecule has 14 heavy (non-hydrogen) atoms. The van der Waals surface area contributed by atoms with Crippen LogP contribution in [0, 0.1) is 5.82 Å². The Bertz CT molecular complexity index is 388. The lowest BCUT2D eigenvalue weighted by Crippen LogP contribution is -2.10. The van der Waals surface area contributed by atoms with E-state index in [0.29, 0.717) is 5.69 Å². The first-order valence-electron chi connectivity index (χ1n) is 4.09. The molecule has 0 spiro atoms. The zero-order valence-electron chi connectivity index (χ0n) is 7.93. The third kappa shape index (κ3) is 2.39. The molecule has 0 bridgehead atoms. The second-order valence-corrected chi connectivity index (χ2v) is 2.93. The van der Waals surface area contributed by atoms with Gasteiger partial charge in [0.25, 0.3) is 0 Å². The highest BCUT2D eigenvalue weighted by Gasteiger charge is 2.09. The Kier molecular flexibility index (Phi) is 2.96. The van der Waals surface area contributed by atoms with Crippen LogP contribution in [-0.2, 0) is 4.79 Å². The van der Waals surface area contributed by atoms with Gasteiger partial charge in [-0.2, -0.15) is 0 Å². The van der Waals surface area contributed by atoms with Gasteiger partial charge in [-0.05, 0) is 25.1 Å². The van der Waals surface area contributed by atoms with Gasteiger partial charge in [-0.1, -0.05) is 0 Å². The minimum atomic E-state index is -0.496. The summed E-state index contributed by atoms with van der Waals surface area (Å²) in [5, 5.41) is 2.46. The summed E-state index contributed by atoms with van der Waals surface area (Å²) < 4.78 is 12.8. The van der Waals surface area contributed by atoms with Crippen molar-refractivity contribution in [3.63, 3.8) is 0 Å². The van der Waals surface area contributed by atoms with Crippen LogP contribution in [0.4, 0.5) is 10.1 Å². The molecule has 0 unspecified atom stereocenters. The molecule has 0 aliphatic rings. The van der Waals surface area contributed by atoms with Crippen molar-refractivity contribution < 1.29 is 14.0 Å². The van der Waals surface area contributed by atoms with Gasteiger partial charge in [0.2, 0.25) is 5.91 Å². The number of hydrogen-bond acceptors (Lipinski definition) is 2. The second-order valence-electron chi connectivity index (χ2n) is 2.93. The van der Waals surface area contributed by atoms with Crippen molar-refractivity contribution in [1.29, 1.82) is 0 Å². The quantitative estimate of drug-likeness (QED) is 0.733. The number of carbonyl (C=O) groups is 2. The van der Waals surface area contributed by atoms with Crippen LogP contribution in [0.15, 0.2) is 18.2 Å². The number of rotatable bonds is 2. The summed E-state index contributed by atoms with van der Waals surface area (Å²) in [7, 11) is 0. The molecule has 0 fully saturated rings. The van der Waals surface area contributed by atoms with E-state index in [1.54, 1.807) is 0 Å². The molecule has 0 heterocycles. The van der Waals surface area contributed by atoms with Crippen LogP contribution in [0.5, 0.6) is 0 Å². The number of anilines is 1. The van der Waals surface area contributed by atoms with E-state index in [0.717, 1.165) is 6.07 Å². The zero-order valence-corrected chi connectivity index (χ0v) is 7.93. The van der Waals surface area contributed by atoms with Crippen molar-refractivity contribution in [3.8, 4) is 0 Å². The van der Waals surface area contributed by atoms with Gasteiger partial charge >= 0.3 is 0 Å².